The van der Waals surface area contributed by atoms with E-state index in [1.54, 1.807) is 0 Å². The minimum atomic E-state index is -5.23. The molecule has 4 nitrogen and oxygen atoms in total. The molecule has 0 aliphatic rings. The van der Waals surface area contributed by atoms with Crippen LogP contribution in [0.25, 0.3) is 5.57 Å². The molecular weight excluding hydrogens is 537 g/mol. The van der Waals surface area contributed by atoms with Gasteiger partial charge in [0.15, 0.2) is 25.7 Å². The summed E-state index contributed by atoms with van der Waals surface area (Å²) in [6.45, 7) is 19.4. The highest BCUT2D eigenvalue weighted by Gasteiger charge is 2.57. The third-order valence-corrected chi connectivity index (χ3v) is 11.0. The molecule has 0 bridgehead atoms. The molecule has 1 aromatic carbocycles. The Labute approximate surface area is 219 Å². The predicted molar refractivity (Wildman–Crippen MR) is 133 cm³/mol. The number of carbonyl (C=O) groups excluding carboxylic acids is 1. The van der Waals surface area contributed by atoms with Crippen LogP contribution in [0.2, 0.25) is 18.1 Å². The fourth-order valence-corrected chi connectivity index (χ4v) is 4.30. The van der Waals surface area contributed by atoms with E-state index in [-0.39, 0.29) is 10.6 Å². The predicted octanol–water partition coefficient (Wildman–Crippen LogP) is 8.88. The van der Waals surface area contributed by atoms with Gasteiger partial charge in [-0.1, -0.05) is 51.7 Å². The average molecular weight is 571 g/mol. The quantitative estimate of drug-likeness (QED) is 0.0566. The van der Waals surface area contributed by atoms with Crippen molar-refractivity contribution in [3.63, 3.8) is 0 Å². The molecule has 0 radical (unpaired) electrons. The highest BCUT2D eigenvalue weighted by molar-refractivity contribution is 6.74. The van der Waals surface area contributed by atoms with Crippen LogP contribution in [-0.2, 0) is 9.16 Å². The van der Waals surface area contributed by atoms with Crippen molar-refractivity contribution < 1.29 is 49.4 Å². The third kappa shape index (κ3) is 6.88. The molecule has 214 valence electrons. The molecule has 0 aliphatic heterocycles. The molecule has 0 spiro atoms. The SMILES string of the molecule is C=C(C)c1c(F)c(F)c(F)c(F)c1OC(=O)OC(C(F)(F)F)C(/C=C/C)(CO[Si](C)(C)C(C)(C)C)C(=C)C. The number of alkyl halides is 3. The summed E-state index contributed by atoms with van der Waals surface area (Å²) in [4.78, 5) is 12.6. The summed E-state index contributed by atoms with van der Waals surface area (Å²) in [5.41, 5.74) is -3.72. The summed E-state index contributed by atoms with van der Waals surface area (Å²) >= 11 is 0. The maximum Gasteiger partial charge on any atom is 0.514 e. The molecule has 0 N–H and O–H groups in total. The molecular formula is C26H33F7O4Si. The van der Waals surface area contributed by atoms with Crippen LogP contribution in [0, 0.1) is 28.7 Å². The van der Waals surface area contributed by atoms with Gasteiger partial charge in [0.1, 0.15) is 0 Å². The van der Waals surface area contributed by atoms with Crippen LogP contribution in [0.15, 0.2) is 30.9 Å². The van der Waals surface area contributed by atoms with Gasteiger partial charge in [0.2, 0.25) is 17.7 Å². The van der Waals surface area contributed by atoms with Crippen LogP contribution in [0.1, 0.15) is 47.1 Å². The van der Waals surface area contributed by atoms with E-state index >= 15 is 0 Å². The second kappa shape index (κ2) is 11.6. The monoisotopic (exact) mass is 570 g/mol. The van der Waals surface area contributed by atoms with Gasteiger partial charge in [-0.2, -0.15) is 17.6 Å². The van der Waals surface area contributed by atoms with Crippen molar-refractivity contribution in [3.8, 4) is 5.75 Å². The van der Waals surface area contributed by atoms with Gasteiger partial charge in [0, 0.05) is 0 Å². The normalized spacial score (nSPS) is 15.2. The van der Waals surface area contributed by atoms with Crippen molar-refractivity contribution in [2.24, 2.45) is 5.41 Å². The summed E-state index contributed by atoms with van der Waals surface area (Å²) < 4.78 is 115. The fourth-order valence-electron chi connectivity index (χ4n) is 3.27. The first kappa shape index (κ1) is 33.4. The summed E-state index contributed by atoms with van der Waals surface area (Å²) in [5.74, 6) is -10.2. The number of allylic oxidation sites excluding steroid dienone is 2. The van der Waals surface area contributed by atoms with Crippen molar-refractivity contribution in [1.82, 2.24) is 0 Å². The summed E-state index contributed by atoms with van der Waals surface area (Å²) in [6.07, 6.45) is -7.94. The van der Waals surface area contributed by atoms with Gasteiger partial charge in [0.25, 0.3) is 0 Å². The number of hydrogen-bond donors (Lipinski definition) is 0. The summed E-state index contributed by atoms with van der Waals surface area (Å²) in [5, 5.41) is -0.384. The smallest absolute Gasteiger partial charge is 0.420 e. The molecule has 12 heteroatoms. The van der Waals surface area contributed by atoms with E-state index in [0.29, 0.717) is 0 Å². The summed E-state index contributed by atoms with van der Waals surface area (Å²) in [6, 6.07) is 0. The molecule has 0 aromatic heterocycles. The molecule has 0 fully saturated rings. The molecule has 0 aliphatic carbocycles. The Morgan fingerprint density at radius 2 is 1.47 bits per heavy atom. The first-order valence-corrected chi connectivity index (χ1v) is 14.4. The third-order valence-electron chi connectivity index (χ3n) is 6.55. The number of benzene rings is 1. The second-order valence-electron chi connectivity index (χ2n) is 10.5. The van der Waals surface area contributed by atoms with E-state index in [0.717, 1.165) is 13.0 Å². The number of ether oxygens (including phenoxy) is 2. The lowest BCUT2D eigenvalue weighted by molar-refractivity contribution is -0.232. The van der Waals surface area contributed by atoms with Crippen LogP contribution in [0.3, 0.4) is 0 Å². The van der Waals surface area contributed by atoms with Gasteiger partial charge in [-0.3, -0.25) is 0 Å². The van der Waals surface area contributed by atoms with Crippen molar-refractivity contribution in [3.05, 3.63) is 59.7 Å². The number of carbonyl (C=O) groups is 1. The Morgan fingerprint density at radius 3 is 1.87 bits per heavy atom. The van der Waals surface area contributed by atoms with E-state index in [1.807, 2.05) is 33.9 Å². The molecule has 0 saturated heterocycles. The molecule has 38 heavy (non-hydrogen) atoms. The van der Waals surface area contributed by atoms with Crippen LogP contribution >= 0.6 is 0 Å². The standard InChI is InChI=1S/C26H33F7O4Si/c1-11-12-25(15(4)5,13-35-38(9,10)24(6,7)8)22(26(31,32)33)37-23(34)36-21-16(14(2)3)17(27)18(28)19(29)20(21)30/h11-12,22H,2,4,13H2,1,3,5-10H3/b12-11+. The Hall–Kier alpha value is -2.60. The first-order valence-electron chi connectivity index (χ1n) is 11.5. The van der Waals surface area contributed by atoms with Gasteiger partial charge < -0.3 is 13.9 Å². The number of rotatable bonds is 9. The molecule has 0 amide bonds. The van der Waals surface area contributed by atoms with Gasteiger partial charge >= 0.3 is 12.3 Å². The van der Waals surface area contributed by atoms with E-state index in [2.05, 4.69) is 22.6 Å². The first-order chi connectivity index (χ1) is 17.0. The van der Waals surface area contributed by atoms with Crippen molar-refractivity contribution in [2.75, 3.05) is 6.61 Å². The van der Waals surface area contributed by atoms with Gasteiger partial charge in [0.05, 0.1) is 17.6 Å². The van der Waals surface area contributed by atoms with E-state index in [1.165, 1.54) is 19.9 Å². The second-order valence-corrected chi connectivity index (χ2v) is 15.3. The van der Waals surface area contributed by atoms with E-state index in [4.69, 9.17) is 4.43 Å². The molecule has 0 saturated carbocycles. The molecule has 2 atom stereocenters. The largest absolute Gasteiger partial charge is 0.514 e. The van der Waals surface area contributed by atoms with Crippen LogP contribution in [0.4, 0.5) is 35.5 Å². The molecule has 2 unspecified atom stereocenters. The van der Waals surface area contributed by atoms with Gasteiger partial charge in [-0.25, -0.2) is 18.0 Å². The van der Waals surface area contributed by atoms with Crippen molar-refractivity contribution in [2.45, 2.75) is 72.0 Å². The lowest BCUT2D eigenvalue weighted by atomic mass is 9.76. The maximum atomic E-state index is 14.4. The molecule has 0 heterocycles. The highest BCUT2D eigenvalue weighted by Crippen LogP contribution is 2.46. The van der Waals surface area contributed by atoms with Crippen LogP contribution in [-0.4, -0.2) is 33.4 Å². The molecule has 1 rings (SSSR count). The number of halogens is 7. The highest BCUT2D eigenvalue weighted by atomic mass is 28.4. The topological polar surface area (TPSA) is 44.8 Å². The fraction of sp³-hybridized carbons (Fsp3) is 0.500. The minimum Gasteiger partial charge on any atom is -0.420 e. The maximum absolute atomic E-state index is 14.4. The van der Waals surface area contributed by atoms with E-state index < -0.39 is 78.9 Å². The average Bonchev–Trinajstić information content (AvgIpc) is 2.75. The van der Waals surface area contributed by atoms with Gasteiger partial charge in [-0.15, -0.1) is 0 Å². The van der Waals surface area contributed by atoms with Crippen molar-refractivity contribution in [1.29, 1.82) is 0 Å². The summed E-state index contributed by atoms with van der Waals surface area (Å²) in [7, 11) is -2.63. The molecule has 1 aromatic rings. The zero-order chi connectivity index (χ0) is 30.0. The minimum absolute atomic E-state index is 0.0860. The zero-order valence-electron chi connectivity index (χ0n) is 22.6. The lowest BCUT2D eigenvalue weighted by Gasteiger charge is -2.43. The Balaban J connectivity index is 3.63. The van der Waals surface area contributed by atoms with Gasteiger partial charge in [-0.05, 0) is 44.5 Å². The van der Waals surface area contributed by atoms with Crippen molar-refractivity contribution >= 4 is 20.0 Å². The zero-order valence-corrected chi connectivity index (χ0v) is 23.6. The Morgan fingerprint density at radius 1 is 0.974 bits per heavy atom. The van der Waals surface area contributed by atoms with Crippen LogP contribution < -0.4 is 4.74 Å². The van der Waals surface area contributed by atoms with Crippen LogP contribution in [0.5, 0.6) is 5.75 Å². The Bertz CT molecular complexity index is 1120. The lowest BCUT2D eigenvalue weighted by Crippen LogP contribution is -2.53. The van der Waals surface area contributed by atoms with E-state index in [9.17, 15) is 35.5 Å². The number of hydrogen-bond acceptors (Lipinski definition) is 4. The Kier molecular flexibility index (Phi) is 10.2.